The average molecular weight is 308 g/mol. The van der Waals surface area contributed by atoms with Crippen molar-refractivity contribution in [3.8, 4) is 0 Å². The van der Waals surface area contributed by atoms with Crippen LogP contribution in [0, 0.1) is 5.41 Å². The first-order valence-electron chi connectivity index (χ1n) is 7.80. The number of hydrogen-bond acceptors (Lipinski definition) is 0. The fraction of sp³-hybridized carbons (Fsp3) is 0.300. The van der Waals surface area contributed by atoms with Crippen LogP contribution in [0.25, 0.3) is 0 Å². The molecule has 1 aromatic rings. The van der Waals surface area contributed by atoms with Crippen LogP contribution in [0.1, 0.15) is 25.3 Å². The third-order valence-corrected chi connectivity index (χ3v) is 9.50. The molecule has 0 radical (unpaired) electrons. The number of hydrogen-bond donors (Lipinski definition) is 0. The van der Waals surface area contributed by atoms with E-state index in [1.807, 2.05) is 0 Å². The molecule has 4 rings (SSSR count). The zero-order valence-electron chi connectivity index (χ0n) is 12.5. The average Bonchev–Trinajstić information content (AvgIpc) is 3.21. The van der Waals surface area contributed by atoms with Crippen molar-refractivity contribution in [1.82, 2.24) is 0 Å². The van der Waals surface area contributed by atoms with Crippen LogP contribution in [-0.4, -0.2) is 0 Å². The van der Waals surface area contributed by atoms with Gasteiger partial charge in [0.05, 0.1) is 0 Å². The molecule has 1 saturated heterocycles. The van der Waals surface area contributed by atoms with Gasteiger partial charge in [0.2, 0.25) is 0 Å². The van der Waals surface area contributed by atoms with Gasteiger partial charge < -0.3 is 0 Å². The van der Waals surface area contributed by atoms with Crippen molar-refractivity contribution in [3.63, 3.8) is 0 Å². The molecule has 2 unspecified atom stereocenters. The summed E-state index contributed by atoms with van der Waals surface area (Å²) in [5.41, 5.74) is 5.20. The van der Waals surface area contributed by atoms with E-state index in [1.54, 1.807) is 16.7 Å². The second-order valence-electron chi connectivity index (χ2n) is 6.45. The van der Waals surface area contributed by atoms with Crippen LogP contribution in [0.3, 0.4) is 0 Å². The molecule has 1 aromatic carbocycles. The van der Waals surface area contributed by atoms with Crippen LogP contribution in [0.4, 0.5) is 0 Å². The van der Waals surface area contributed by atoms with E-state index in [0.717, 1.165) is 12.8 Å². The summed E-state index contributed by atoms with van der Waals surface area (Å²) in [7, 11) is 0. The van der Waals surface area contributed by atoms with E-state index in [0.29, 0.717) is 9.13 Å². The molecule has 1 aliphatic heterocycles. The van der Waals surface area contributed by atoms with Gasteiger partial charge in [0.1, 0.15) is 0 Å². The molecule has 1 heterocycles. The number of benzene rings is 1. The van der Waals surface area contributed by atoms with Gasteiger partial charge in [0, 0.05) is 0 Å². The van der Waals surface area contributed by atoms with Crippen LogP contribution in [0.15, 0.2) is 77.9 Å². The molecule has 0 aromatic heterocycles. The van der Waals surface area contributed by atoms with Crippen LogP contribution in [0.5, 0.6) is 0 Å². The summed E-state index contributed by atoms with van der Waals surface area (Å²) in [6, 6.07) is 11.3. The predicted octanol–water partition coefficient (Wildman–Crippen LogP) is 5.18. The molecule has 0 bridgehead atoms. The predicted molar refractivity (Wildman–Crippen MR) is 84.7 cm³/mol. The molecule has 2 aliphatic carbocycles. The monoisotopic (exact) mass is 308 g/mol. The summed E-state index contributed by atoms with van der Waals surface area (Å²) in [4.78, 5) is 0. The first-order valence-corrected chi connectivity index (χ1v) is 9.69. The Morgan fingerprint density at radius 2 is 1.57 bits per heavy atom. The maximum absolute atomic E-state index is 2.52. The van der Waals surface area contributed by atoms with E-state index in [1.165, 1.54) is 4.73 Å². The van der Waals surface area contributed by atoms with Crippen molar-refractivity contribution in [2.75, 3.05) is 0 Å². The second kappa shape index (κ2) is 4.97. The van der Waals surface area contributed by atoms with Gasteiger partial charge in [-0.1, -0.05) is 0 Å². The molecule has 3 aliphatic rings. The minimum atomic E-state index is 0.0103. The zero-order valence-corrected chi connectivity index (χ0v) is 14.0. The molecule has 104 valence electrons. The van der Waals surface area contributed by atoms with Gasteiger partial charge in [-0.15, -0.1) is 0 Å². The van der Waals surface area contributed by atoms with Gasteiger partial charge in [0.15, 0.2) is 0 Å². The van der Waals surface area contributed by atoms with E-state index in [-0.39, 0.29) is 19.2 Å². The Kier molecular flexibility index (Phi) is 3.21. The van der Waals surface area contributed by atoms with Crippen molar-refractivity contribution in [1.29, 1.82) is 0 Å². The van der Waals surface area contributed by atoms with Crippen molar-refractivity contribution in [2.45, 2.75) is 28.2 Å². The quantitative estimate of drug-likeness (QED) is 0.675. The Hall–Kier alpha value is -1.11. The molecule has 1 heteroatoms. The molecular weight excluding hydrogens is 288 g/mol. The minimum absolute atomic E-state index is 0.0103. The van der Waals surface area contributed by atoms with E-state index < -0.39 is 0 Å². The molecule has 0 amide bonds. The summed E-state index contributed by atoms with van der Waals surface area (Å²) in [5.74, 6) is 0. The summed E-state index contributed by atoms with van der Waals surface area (Å²) in [6.07, 6.45) is 16.2. The van der Waals surface area contributed by atoms with Gasteiger partial charge in [-0.05, 0) is 0 Å². The summed E-state index contributed by atoms with van der Waals surface area (Å²) in [6.45, 7) is 2.52. The normalized spacial score (nSPS) is 33.4. The first-order chi connectivity index (χ1) is 10.3. The summed E-state index contributed by atoms with van der Waals surface area (Å²) < 4.78 is 1.75. The number of allylic oxidation sites excluding steroid dienone is 8. The van der Waals surface area contributed by atoms with E-state index in [9.17, 15) is 0 Å². The SMILES string of the molecule is CC1(C2=CC=CC2)[CH2][Ti][C]1(C1=CC=CC1)c1ccccc1. The zero-order chi connectivity index (χ0) is 14.3. The van der Waals surface area contributed by atoms with Gasteiger partial charge in [-0.3, -0.25) is 0 Å². The molecule has 0 saturated carbocycles. The van der Waals surface area contributed by atoms with E-state index in [4.69, 9.17) is 0 Å². The molecular formula is C20H20Ti. The topological polar surface area (TPSA) is 0 Å². The van der Waals surface area contributed by atoms with Gasteiger partial charge in [-0.2, -0.15) is 0 Å². The standard InChI is InChI=1S/C20H20.Ti/c1-20(2,18-14-8-9-15-18)19(17-12-6-7-13-17)16-10-4-3-5-11-16;/h3-12,14H,1,13,15H2,2H3;. The second-order valence-corrected chi connectivity index (χ2v) is 8.73. The fourth-order valence-electron chi connectivity index (χ4n) is 4.23. The van der Waals surface area contributed by atoms with Crippen molar-refractivity contribution < 1.29 is 19.2 Å². The molecule has 0 N–H and O–H groups in total. The molecule has 1 fully saturated rings. The van der Waals surface area contributed by atoms with E-state index >= 15 is 0 Å². The Morgan fingerprint density at radius 1 is 0.905 bits per heavy atom. The third-order valence-electron chi connectivity index (χ3n) is 5.47. The maximum atomic E-state index is 2.52. The molecule has 21 heavy (non-hydrogen) atoms. The van der Waals surface area contributed by atoms with Crippen LogP contribution in [0.2, 0.25) is 4.73 Å². The van der Waals surface area contributed by atoms with E-state index in [2.05, 4.69) is 73.7 Å². The van der Waals surface area contributed by atoms with Gasteiger partial charge in [0.25, 0.3) is 0 Å². The molecule has 0 nitrogen and oxygen atoms in total. The van der Waals surface area contributed by atoms with Crippen molar-refractivity contribution in [3.05, 3.63) is 83.5 Å². The Balaban J connectivity index is 1.86. The molecule has 2 atom stereocenters. The fourth-order valence-corrected chi connectivity index (χ4v) is 7.71. The van der Waals surface area contributed by atoms with Crippen LogP contribution >= 0.6 is 0 Å². The Morgan fingerprint density at radius 3 is 2.10 bits per heavy atom. The third kappa shape index (κ3) is 1.79. The van der Waals surface area contributed by atoms with Crippen LogP contribution < -0.4 is 0 Å². The summed E-state index contributed by atoms with van der Waals surface area (Å²) in [5, 5.41) is 0. The van der Waals surface area contributed by atoms with Crippen molar-refractivity contribution in [2.24, 2.45) is 5.41 Å². The van der Waals surface area contributed by atoms with Crippen molar-refractivity contribution >= 4 is 0 Å². The Bertz CT molecular complexity index is 677. The van der Waals surface area contributed by atoms with Crippen LogP contribution in [-0.2, 0) is 22.9 Å². The first kappa shape index (κ1) is 13.5. The summed E-state index contributed by atoms with van der Waals surface area (Å²) >= 11 is 0.0103. The van der Waals surface area contributed by atoms with Gasteiger partial charge >= 0.3 is 136 Å². The molecule has 0 spiro atoms. The number of rotatable bonds is 3. The Labute approximate surface area is 136 Å². The van der Waals surface area contributed by atoms with Gasteiger partial charge in [-0.25, -0.2) is 0 Å².